The molecule has 0 aliphatic heterocycles. The Morgan fingerprint density at radius 1 is 0.296 bits per heavy atom. The average molecular weight is 706 g/mol. The number of fused-ring (bicyclic) bond motifs is 4. The molecule has 9 aromatic carbocycles. The fourth-order valence-electron chi connectivity index (χ4n) is 7.83. The summed E-state index contributed by atoms with van der Waals surface area (Å²) in [6, 6.07) is 77.1. The van der Waals surface area contributed by atoms with E-state index in [1.165, 1.54) is 75.5 Å². The quantitative estimate of drug-likeness (QED) is 0.160. The maximum absolute atomic E-state index is 2.38. The van der Waals surface area contributed by atoms with Crippen LogP contribution in [-0.4, -0.2) is 0 Å². The maximum atomic E-state index is 2.38. The summed E-state index contributed by atoms with van der Waals surface area (Å²) in [5.41, 5.74) is 13.0. The monoisotopic (exact) mass is 705 g/mol. The van der Waals surface area contributed by atoms with E-state index in [1.807, 2.05) is 11.3 Å². The van der Waals surface area contributed by atoms with Crippen LogP contribution >= 0.6 is 11.3 Å². The molecular weight excluding hydrogens is 671 g/mol. The number of anilines is 3. The van der Waals surface area contributed by atoms with E-state index in [-0.39, 0.29) is 0 Å². The number of rotatable bonds is 7. The second kappa shape index (κ2) is 13.7. The zero-order valence-electron chi connectivity index (χ0n) is 29.6. The van der Waals surface area contributed by atoms with Gasteiger partial charge in [0.15, 0.2) is 0 Å². The topological polar surface area (TPSA) is 3.24 Å². The highest BCUT2D eigenvalue weighted by molar-refractivity contribution is 7.26. The van der Waals surface area contributed by atoms with Crippen LogP contribution in [-0.2, 0) is 0 Å². The summed E-state index contributed by atoms with van der Waals surface area (Å²) in [5.74, 6) is 0. The summed E-state index contributed by atoms with van der Waals surface area (Å²) in [6.45, 7) is 0. The first-order chi connectivity index (χ1) is 26.8. The molecule has 1 heterocycles. The Bertz CT molecular complexity index is 2930. The van der Waals surface area contributed by atoms with Crippen molar-refractivity contribution >= 4 is 59.3 Å². The van der Waals surface area contributed by atoms with E-state index >= 15 is 0 Å². The predicted molar refractivity (Wildman–Crippen MR) is 233 cm³/mol. The summed E-state index contributed by atoms with van der Waals surface area (Å²) >= 11 is 1.88. The lowest BCUT2D eigenvalue weighted by molar-refractivity contribution is 1.28. The fourth-order valence-corrected chi connectivity index (χ4v) is 9.07. The second-order valence-electron chi connectivity index (χ2n) is 13.7. The Morgan fingerprint density at radius 3 is 1.63 bits per heavy atom. The Balaban J connectivity index is 1.08. The van der Waals surface area contributed by atoms with Crippen LogP contribution in [0.3, 0.4) is 0 Å². The molecule has 0 aliphatic carbocycles. The van der Waals surface area contributed by atoms with Crippen LogP contribution in [0.2, 0.25) is 0 Å². The molecule has 0 atom stereocenters. The van der Waals surface area contributed by atoms with Crippen LogP contribution in [0.4, 0.5) is 17.1 Å². The van der Waals surface area contributed by atoms with E-state index in [2.05, 4.69) is 217 Å². The van der Waals surface area contributed by atoms with Gasteiger partial charge in [0.1, 0.15) is 0 Å². The minimum Gasteiger partial charge on any atom is -0.310 e. The molecule has 1 aromatic heterocycles. The Kier molecular flexibility index (Phi) is 8.09. The largest absolute Gasteiger partial charge is 0.310 e. The van der Waals surface area contributed by atoms with Crippen molar-refractivity contribution in [2.45, 2.75) is 0 Å². The van der Waals surface area contributed by atoms with E-state index < -0.39 is 0 Å². The van der Waals surface area contributed by atoms with Crippen LogP contribution in [0, 0.1) is 0 Å². The Morgan fingerprint density at radius 2 is 0.833 bits per heavy atom. The molecule has 2 heteroatoms. The van der Waals surface area contributed by atoms with Crippen molar-refractivity contribution in [1.82, 2.24) is 0 Å². The third-order valence-corrected chi connectivity index (χ3v) is 11.7. The summed E-state index contributed by atoms with van der Waals surface area (Å²) in [5, 5.41) is 5.16. The van der Waals surface area contributed by atoms with Gasteiger partial charge in [-0.3, -0.25) is 0 Å². The lowest BCUT2D eigenvalue weighted by Gasteiger charge is -2.27. The molecule has 0 saturated heterocycles. The average Bonchev–Trinajstić information content (AvgIpc) is 3.64. The van der Waals surface area contributed by atoms with Crippen LogP contribution in [0.25, 0.3) is 75.5 Å². The molecule has 0 radical (unpaired) electrons. The standard InChI is InChI=1S/C52H35NS/c1-2-13-36(14-3-1)40-18-9-21-44(34-40)53(43-31-29-38(30-32-43)48-26-12-27-50-49-24-6-7-28-51(49)54-52(48)50)45-22-10-19-41(35-45)39-17-8-20-42(33-39)47-25-11-16-37-15-4-5-23-46(37)47/h1-35H. The summed E-state index contributed by atoms with van der Waals surface area (Å²) < 4.78 is 2.65. The number of hydrogen-bond acceptors (Lipinski definition) is 2. The smallest absolute Gasteiger partial charge is 0.0467 e. The van der Waals surface area contributed by atoms with Crippen LogP contribution in [0.5, 0.6) is 0 Å². The van der Waals surface area contributed by atoms with Gasteiger partial charge in [-0.2, -0.15) is 0 Å². The normalized spacial score (nSPS) is 11.3. The molecule has 0 N–H and O–H groups in total. The second-order valence-corrected chi connectivity index (χ2v) is 14.8. The van der Waals surface area contributed by atoms with Crippen molar-refractivity contribution < 1.29 is 0 Å². The zero-order valence-corrected chi connectivity index (χ0v) is 30.4. The van der Waals surface area contributed by atoms with Gasteiger partial charge in [0, 0.05) is 37.2 Å². The third kappa shape index (κ3) is 5.84. The predicted octanol–water partition coefficient (Wildman–Crippen LogP) is 15.3. The van der Waals surface area contributed by atoms with Gasteiger partial charge in [0.25, 0.3) is 0 Å². The van der Waals surface area contributed by atoms with Crippen molar-refractivity contribution in [2.24, 2.45) is 0 Å². The van der Waals surface area contributed by atoms with E-state index in [9.17, 15) is 0 Å². The highest BCUT2D eigenvalue weighted by Gasteiger charge is 2.16. The molecule has 0 aliphatic rings. The van der Waals surface area contributed by atoms with E-state index in [0.29, 0.717) is 0 Å². The summed E-state index contributed by atoms with van der Waals surface area (Å²) in [7, 11) is 0. The highest BCUT2D eigenvalue weighted by atomic mass is 32.1. The minimum atomic E-state index is 1.10. The minimum absolute atomic E-state index is 1.10. The van der Waals surface area contributed by atoms with Crippen molar-refractivity contribution in [2.75, 3.05) is 4.90 Å². The molecular formula is C52H35NS. The fraction of sp³-hybridized carbons (Fsp3) is 0. The maximum Gasteiger partial charge on any atom is 0.0467 e. The molecule has 10 rings (SSSR count). The van der Waals surface area contributed by atoms with Gasteiger partial charge in [-0.25, -0.2) is 0 Å². The molecule has 0 spiro atoms. The first-order valence-electron chi connectivity index (χ1n) is 18.4. The summed E-state index contributed by atoms with van der Waals surface area (Å²) in [6.07, 6.45) is 0. The molecule has 0 fully saturated rings. The van der Waals surface area contributed by atoms with E-state index in [1.54, 1.807) is 0 Å². The number of nitrogens with zero attached hydrogens (tertiary/aromatic N) is 1. The zero-order chi connectivity index (χ0) is 35.8. The molecule has 0 bridgehead atoms. The SMILES string of the molecule is c1ccc(-c2cccc(N(c3ccc(-c4cccc5c4sc4ccccc45)cc3)c3cccc(-c4cccc(-c5cccc6ccccc56)c4)c3)c2)cc1. The first-order valence-corrected chi connectivity index (χ1v) is 19.2. The van der Waals surface area contributed by atoms with Crippen molar-refractivity contribution in [3.8, 4) is 44.5 Å². The lowest BCUT2D eigenvalue weighted by atomic mass is 9.95. The van der Waals surface area contributed by atoms with Gasteiger partial charge in [0.05, 0.1) is 0 Å². The third-order valence-electron chi connectivity index (χ3n) is 10.5. The van der Waals surface area contributed by atoms with Crippen LogP contribution < -0.4 is 4.90 Å². The van der Waals surface area contributed by atoms with Gasteiger partial charge in [-0.15, -0.1) is 11.3 Å². The molecule has 1 nitrogen and oxygen atoms in total. The highest BCUT2D eigenvalue weighted by Crippen LogP contribution is 2.42. The molecule has 0 unspecified atom stereocenters. The van der Waals surface area contributed by atoms with Crippen molar-refractivity contribution in [1.29, 1.82) is 0 Å². The Labute approximate surface area is 319 Å². The van der Waals surface area contributed by atoms with E-state index in [4.69, 9.17) is 0 Å². The molecule has 0 amide bonds. The number of thiophene rings is 1. The number of hydrogen-bond donors (Lipinski definition) is 0. The van der Waals surface area contributed by atoms with Crippen LogP contribution in [0.15, 0.2) is 212 Å². The van der Waals surface area contributed by atoms with Crippen LogP contribution in [0.1, 0.15) is 0 Å². The van der Waals surface area contributed by atoms with Crippen molar-refractivity contribution in [3.63, 3.8) is 0 Å². The van der Waals surface area contributed by atoms with Gasteiger partial charge >= 0.3 is 0 Å². The first kappa shape index (κ1) is 32.0. The Hall–Kier alpha value is -6.74. The molecule has 254 valence electrons. The van der Waals surface area contributed by atoms with E-state index in [0.717, 1.165) is 17.1 Å². The van der Waals surface area contributed by atoms with Gasteiger partial charge in [-0.1, -0.05) is 164 Å². The summed E-state index contributed by atoms with van der Waals surface area (Å²) in [4.78, 5) is 2.38. The molecule has 10 aromatic rings. The molecule has 0 saturated carbocycles. The van der Waals surface area contributed by atoms with Gasteiger partial charge in [-0.05, 0) is 104 Å². The van der Waals surface area contributed by atoms with Crippen molar-refractivity contribution in [3.05, 3.63) is 212 Å². The lowest BCUT2D eigenvalue weighted by Crippen LogP contribution is -2.10. The van der Waals surface area contributed by atoms with Gasteiger partial charge < -0.3 is 4.90 Å². The molecule has 54 heavy (non-hydrogen) atoms. The van der Waals surface area contributed by atoms with Gasteiger partial charge in [0.2, 0.25) is 0 Å². The number of benzene rings is 9.